The Morgan fingerprint density at radius 1 is 1.09 bits per heavy atom. The summed E-state index contributed by atoms with van der Waals surface area (Å²) in [5, 5.41) is 7.14. The van der Waals surface area contributed by atoms with E-state index in [1.54, 1.807) is 0 Å². The molecule has 2 aromatic carbocycles. The van der Waals surface area contributed by atoms with Crippen LogP contribution in [-0.4, -0.2) is 14.8 Å². The minimum Gasteiger partial charge on any atom is -0.486 e. The number of benzene rings is 2. The highest BCUT2D eigenvalue weighted by Gasteiger charge is 2.07. The molecule has 0 saturated heterocycles. The largest absolute Gasteiger partial charge is 0.486 e. The molecule has 4 nitrogen and oxygen atoms in total. The van der Waals surface area contributed by atoms with Crippen molar-refractivity contribution in [3.63, 3.8) is 0 Å². The zero-order valence-corrected chi connectivity index (χ0v) is 13.8. The first-order valence-electron chi connectivity index (χ1n) is 7.60. The van der Waals surface area contributed by atoms with Crippen molar-refractivity contribution in [1.82, 2.24) is 14.8 Å². The fourth-order valence-corrected chi connectivity index (χ4v) is 2.60. The lowest BCUT2D eigenvalue weighted by atomic mass is 10.1. The Bertz CT molecular complexity index is 806. The predicted molar refractivity (Wildman–Crippen MR) is 93.1 cm³/mol. The van der Waals surface area contributed by atoms with Crippen molar-refractivity contribution >= 4 is 12.2 Å². The maximum atomic E-state index is 5.80. The normalized spacial score (nSPS) is 10.7. The van der Waals surface area contributed by atoms with E-state index in [0.717, 1.165) is 24.5 Å². The van der Waals surface area contributed by atoms with Crippen molar-refractivity contribution in [2.45, 2.75) is 26.5 Å². The van der Waals surface area contributed by atoms with Crippen molar-refractivity contribution in [3.8, 4) is 5.75 Å². The smallest absolute Gasteiger partial charge is 0.195 e. The number of nitrogens with one attached hydrogen (secondary N) is 1. The Labute approximate surface area is 140 Å². The monoisotopic (exact) mass is 325 g/mol. The molecule has 0 fully saturated rings. The van der Waals surface area contributed by atoms with Gasteiger partial charge in [-0.15, -0.1) is 0 Å². The molecule has 1 heterocycles. The lowest BCUT2D eigenvalue weighted by Gasteiger charge is -2.09. The second-order valence-electron chi connectivity index (χ2n) is 5.43. The summed E-state index contributed by atoms with van der Waals surface area (Å²) in [6.07, 6.45) is 0.909. The molecule has 0 unspecified atom stereocenters. The summed E-state index contributed by atoms with van der Waals surface area (Å²) in [5.74, 6) is 1.64. The Kier molecular flexibility index (Phi) is 4.88. The first kappa shape index (κ1) is 15.5. The van der Waals surface area contributed by atoms with Gasteiger partial charge in [-0.2, -0.15) is 5.10 Å². The number of hydrogen-bond donors (Lipinski definition) is 1. The average Bonchev–Trinajstić information content (AvgIpc) is 2.93. The van der Waals surface area contributed by atoms with Crippen molar-refractivity contribution < 1.29 is 4.74 Å². The number of hydrogen-bond acceptors (Lipinski definition) is 3. The summed E-state index contributed by atoms with van der Waals surface area (Å²) in [7, 11) is 0. The van der Waals surface area contributed by atoms with E-state index in [-0.39, 0.29) is 0 Å². The van der Waals surface area contributed by atoms with Crippen LogP contribution in [0.4, 0.5) is 0 Å². The van der Waals surface area contributed by atoms with Crippen LogP contribution >= 0.6 is 12.2 Å². The molecule has 0 atom stereocenters. The number of ether oxygens (including phenoxy) is 1. The lowest BCUT2D eigenvalue weighted by Crippen LogP contribution is -2.09. The minimum atomic E-state index is 0.394. The Balaban J connectivity index is 1.66. The quantitative estimate of drug-likeness (QED) is 0.695. The van der Waals surface area contributed by atoms with Crippen LogP contribution in [-0.2, 0) is 19.6 Å². The number of aromatic amines is 1. The molecule has 0 radical (unpaired) electrons. The molecule has 118 valence electrons. The summed E-state index contributed by atoms with van der Waals surface area (Å²) in [4.78, 5) is 0. The fraction of sp³-hybridized carbons (Fsp3) is 0.222. The molecule has 0 aliphatic heterocycles. The van der Waals surface area contributed by atoms with E-state index in [0.29, 0.717) is 11.4 Å². The molecule has 1 aromatic heterocycles. The van der Waals surface area contributed by atoms with Crippen LogP contribution in [0.1, 0.15) is 17.0 Å². The highest BCUT2D eigenvalue weighted by Crippen LogP contribution is 2.13. The average molecular weight is 325 g/mol. The molecule has 3 rings (SSSR count). The lowest BCUT2D eigenvalue weighted by molar-refractivity contribution is 0.288. The van der Waals surface area contributed by atoms with Crippen LogP contribution in [0.2, 0.25) is 0 Å². The molecular weight excluding hydrogens is 306 g/mol. The molecular formula is C18H19N3OS. The minimum absolute atomic E-state index is 0.394. The fourth-order valence-electron chi connectivity index (χ4n) is 2.36. The summed E-state index contributed by atoms with van der Waals surface area (Å²) in [6, 6.07) is 18.3. The van der Waals surface area contributed by atoms with E-state index in [9.17, 15) is 0 Å². The zero-order valence-electron chi connectivity index (χ0n) is 13.0. The first-order chi connectivity index (χ1) is 11.2. The van der Waals surface area contributed by atoms with E-state index in [2.05, 4.69) is 29.3 Å². The van der Waals surface area contributed by atoms with Gasteiger partial charge in [-0.3, -0.25) is 5.10 Å². The molecule has 0 aliphatic rings. The van der Waals surface area contributed by atoms with Gasteiger partial charge in [-0.25, -0.2) is 0 Å². The maximum absolute atomic E-state index is 5.80. The third-order valence-corrected chi connectivity index (χ3v) is 4.00. The summed E-state index contributed by atoms with van der Waals surface area (Å²) < 4.78 is 8.43. The van der Waals surface area contributed by atoms with E-state index < -0.39 is 0 Å². The highest BCUT2D eigenvalue weighted by molar-refractivity contribution is 7.71. The molecule has 1 N–H and O–H groups in total. The molecule has 5 heteroatoms. The van der Waals surface area contributed by atoms with E-state index in [1.165, 1.54) is 11.1 Å². The number of aryl methyl sites for hydroxylation is 2. The number of nitrogens with zero attached hydrogens (tertiary/aromatic N) is 2. The molecule has 0 amide bonds. The molecule has 0 saturated carbocycles. The van der Waals surface area contributed by atoms with Crippen LogP contribution in [0.3, 0.4) is 0 Å². The zero-order chi connectivity index (χ0) is 16.1. The van der Waals surface area contributed by atoms with Crippen LogP contribution < -0.4 is 4.74 Å². The molecule has 3 aromatic rings. The van der Waals surface area contributed by atoms with Crippen LogP contribution in [0.15, 0.2) is 54.6 Å². The van der Waals surface area contributed by atoms with Gasteiger partial charge >= 0.3 is 0 Å². The van der Waals surface area contributed by atoms with Gasteiger partial charge in [-0.05, 0) is 43.3 Å². The van der Waals surface area contributed by atoms with Crippen molar-refractivity contribution in [1.29, 1.82) is 0 Å². The van der Waals surface area contributed by atoms with Crippen molar-refractivity contribution in [2.24, 2.45) is 0 Å². The molecule has 0 bridgehead atoms. The number of aromatic nitrogens is 3. The molecule has 0 spiro atoms. The first-order valence-corrected chi connectivity index (χ1v) is 8.00. The van der Waals surface area contributed by atoms with Crippen LogP contribution in [0.5, 0.6) is 5.75 Å². The Hall–Kier alpha value is -2.40. The van der Waals surface area contributed by atoms with Gasteiger partial charge in [0.25, 0.3) is 0 Å². The Morgan fingerprint density at radius 3 is 2.57 bits per heavy atom. The summed E-state index contributed by atoms with van der Waals surface area (Å²) in [5.41, 5.74) is 2.49. The van der Waals surface area contributed by atoms with Crippen LogP contribution in [0.25, 0.3) is 0 Å². The third-order valence-electron chi connectivity index (χ3n) is 3.69. The van der Waals surface area contributed by atoms with Gasteiger partial charge in [0.15, 0.2) is 10.6 Å². The summed E-state index contributed by atoms with van der Waals surface area (Å²) in [6.45, 7) is 3.23. The highest BCUT2D eigenvalue weighted by atomic mass is 32.1. The third kappa shape index (κ3) is 4.07. The maximum Gasteiger partial charge on any atom is 0.195 e. The Morgan fingerprint density at radius 2 is 1.83 bits per heavy atom. The van der Waals surface area contributed by atoms with Crippen LogP contribution in [0, 0.1) is 11.7 Å². The number of rotatable bonds is 6. The van der Waals surface area contributed by atoms with Gasteiger partial charge in [0.05, 0.1) is 0 Å². The van der Waals surface area contributed by atoms with Gasteiger partial charge in [0, 0.05) is 6.54 Å². The van der Waals surface area contributed by atoms with Crippen molar-refractivity contribution in [3.05, 3.63) is 76.3 Å². The van der Waals surface area contributed by atoms with Gasteiger partial charge in [0.2, 0.25) is 0 Å². The van der Waals surface area contributed by atoms with E-state index >= 15 is 0 Å². The standard InChI is InChI=1S/C18H19N3OS/c1-14-7-9-16(10-8-14)22-13-17-19-20-18(23)21(17)12-11-15-5-3-2-4-6-15/h2-10H,11-13H2,1H3,(H,20,23). The van der Waals surface area contributed by atoms with Crippen molar-refractivity contribution in [2.75, 3.05) is 0 Å². The van der Waals surface area contributed by atoms with Gasteiger partial charge in [-0.1, -0.05) is 48.0 Å². The van der Waals surface area contributed by atoms with Gasteiger partial charge < -0.3 is 9.30 Å². The van der Waals surface area contributed by atoms with E-state index in [1.807, 2.05) is 47.0 Å². The predicted octanol–water partition coefficient (Wildman–Crippen LogP) is 4.07. The SMILES string of the molecule is Cc1ccc(OCc2n[nH]c(=S)n2CCc2ccccc2)cc1. The van der Waals surface area contributed by atoms with Gasteiger partial charge in [0.1, 0.15) is 12.4 Å². The topological polar surface area (TPSA) is 42.8 Å². The van der Waals surface area contributed by atoms with E-state index in [4.69, 9.17) is 17.0 Å². The number of H-pyrrole nitrogens is 1. The second-order valence-corrected chi connectivity index (χ2v) is 5.82. The second kappa shape index (κ2) is 7.24. The molecule has 23 heavy (non-hydrogen) atoms. The summed E-state index contributed by atoms with van der Waals surface area (Å²) >= 11 is 5.33. The molecule has 0 aliphatic carbocycles.